The van der Waals surface area contributed by atoms with Gasteiger partial charge in [-0.05, 0) is 41.8 Å². The third-order valence-corrected chi connectivity index (χ3v) is 4.87. The molecule has 0 unspecified atom stereocenters. The highest BCUT2D eigenvalue weighted by atomic mass is 16.6. The molecule has 30 heavy (non-hydrogen) atoms. The molecule has 0 aliphatic carbocycles. The molecule has 0 radical (unpaired) electrons. The van der Waals surface area contributed by atoms with Crippen LogP contribution in [0.2, 0.25) is 0 Å². The lowest BCUT2D eigenvalue weighted by Crippen LogP contribution is -2.26. The number of aromatic nitrogens is 1. The van der Waals surface area contributed by atoms with Crippen LogP contribution in [0.3, 0.4) is 0 Å². The van der Waals surface area contributed by atoms with E-state index in [2.05, 4.69) is 4.98 Å². The molecule has 0 saturated heterocycles. The minimum Gasteiger partial charge on any atom is -0.489 e. The molecule has 1 amide bonds. The van der Waals surface area contributed by atoms with E-state index in [1.54, 1.807) is 29.4 Å². The Morgan fingerprint density at radius 2 is 2.03 bits per heavy atom. The van der Waals surface area contributed by atoms with Crippen molar-refractivity contribution in [2.45, 2.75) is 13.0 Å². The van der Waals surface area contributed by atoms with Crippen LogP contribution in [0.15, 0.2) is 73.1 Å². The fourth-order valence-electron chi connectivity index (χ4n) is 3.29. The van der Waals surface area contributed by atoms with Gasteiger partial charge >= 0.3 is 0 Å². The molecule has 4 rings (SSSR count). The molecule has 1 aromatic heterocycles. The topological polar surface area (TPSA) is 85.6 Å². The first-order valence-electron chi connectivity index (χ1n) is 9.49. The number of nitro groups is 1. The number of benzene rings is 2. The first-order valence-corrected chi connectivity index (χ1v) is 9.49. The number of pyridine rings is 1. The Labute approximate surface area is 173 Å². The highest BCUT2D eigenvalue weighted by molar-refractivity contribution is 6.05. The largest absolute Gasteiger partial charge is 0.489 e. The average molecular weight is 401 g/mol. The Bertz CT molecular complexity index is 1100. The van der Waals surface area contributed by atoms with E-state index < -0.39 is 4.92 Å². The van der Waals surface area contributed by atoms with Gasteiger partial charge in [0.1, 0.15) is 12.4 Å². The van der Waals surface area contributed by atoms with Crippen molar-refractivity contribution in [1.82, 2.24) is 4.98 Å². The van der Waals surface area contributed by atoms with E-state index in [9.17, 15) is 14.9 Å². The lowest BCUT2D eigenvalue weighted by molar-refractivity contribution is -0.384. The predicted molar refractivity (Wildman–Crippen MR) is 113 cm³/mol. The molecule has 3 aromatic rings. The minimum absolute atomic E-state index is 0.0145. The van der Waals surface area contributed by atoms with E-state index in [1.807, 2.05) is 36.4 Å². The average Bonchev–Trinajstić information content (AvgIpc) is 3.21. The van der Waals surface area contributed by atoms with E-state index in [0.717, 1.165) is 22.4 Å². The van der Waals surface area contributed by atoms with Crippen LogP contribution >= 0.6 is 0 Å². The summed E-state index contributed by atoms with van der Waals surface area (Å²) in [5, 5.41) is 11.0. The summed E-state index contributed by atoms with van der Waals surface area (Å²) in [7, 11) is 0. The van der Waals surface area contributed by atoms with Gasteiger partial charge in [-0.2, -0.15) is 0 Å². The third-order valence-electron chi connectivity index (χ3n) is 4.87. The fraction of sp³-hybridized carbons (Fsp3) is 0.130. The summed E-state index contributed by atoms with van der Waals surface area (Å²) in [6.45, 7) is 0.947. The van der Waals surface area contributed by atoms with Crippen molar-refractivity contribution in [3.05, 3.63) is 99.9 Å². The number of non-ortho nitro benzene ring substituents is 1. The second kappa shape index (κ2) is 8.57. The van der Waals surface area contributed by atoms with E-state index in [4.69, 9.17) is 4.74 Å². The second-order valence-corrected chi connectivity index (χ2v) is 6.86. The molecule has 0 saturated carbocycles. The molecule has 0 atom stereocenters. The summed E-state index contributed by atoms with van der Waals surface area (Å²) in [4.78, 5) is 28.8. The zero-order valence-electron chi connectivity index (χ0n) is 16.1. The van der Waals surface area contributed by atoms with Crippen molar-refractivity contribution in [3.8, 4) is 5.75 Å². The third kappa shape index (κ3) is 4.35. The van der Waals surface area contributed by atoms with Gasteiger partial charge in [0.25, 0.3) is 11.6 Å². The Morgan fingerprint density at radius 3 is 2.77 bits per heavy atom. The minimum atomic E-state index is -0.449. The van der Waals surface area contributed by atoms with Crippen molar-refractivity contribution < 1.29 is 14.5 Å². The Kier molecular flexibility index (Phi) is 5.52. The number of amides is 1. The fourth-order valence-corrected chi connectivity index (χ4v) is 3.29. The summed E-state index contributed by atoms with van der Waals surface area (Å²) in [5.74, 6) is 0.522. The lowest BCUT2D eigenvalue weighted by atomic mass is 10.1. The Balaban J connectivity index is 1.39. The molecule has 7 nitrogen and oxygen atoms in total. The summed E-state index contributed by atoms with van der Waals surface area (Å²) < 4.78 is 5.73. The van der Waals surface area contributed by atoms with Crippen LogP contribution in [0.25, 0.3) is 6.08 Å². The molecule has 2 heterocycles. The van der Waals surface area contributed by atoms with Gasteiger partial charge in [-0.3, -0.25) is 19.9 Å². The highest BCUT2D eigenvalue weighted by Crippen LogP contribution is 2.32. The maximum absolute atomic E-state index is 12.6. The first-order chi connectivity index (χ1) is 14.6. The van der Waals surface area contributed by atoms with Crippen molar-refractivity contribution in [2.24, 2.45) is 0 Å². The second-order valence-electron chi connectivity index (χ2n) is 6.86. The lowest BCUT2D eigenvalue weighted by Gasteiger charge is -2.14. The number of rotatable bonds is 6. The number of ether oxygens (including phenoxy) is 1. The zero-order chi connectivity index (χ0) is 20.9. The maximum Gasteiger partial charge on any atom is 0.271 e. The molecule has 1 aliphatic heterocycles. The number of carbonyl (C=O) groups is 1. The number of carbonyl (C=O) groups excluding carboxylic acids is 1. The van der Waals surface area contributed by atoms with Crippen LogP contribution < -0.4 is 9.64 Å². The van der Waals surface area contributed by atoms with Gasteiger partial charge < -0.3 is 9.64 Å². The Morgan fingerprint density at radius 1 is 1.20 bits per heavy atom. The molecule has 1 aliphatic rings. The SMILES string of the molecule is O=C(/C=C/c1ccc(OCc2cccnc2)cc1)N1CCc2ccc([N+](=O)[O-])cc21. The molecule has 2 aromatic carbocycles. The standard InChI is InChI=1S/C23H19N3O4/c27-23(25-13-11-19-6-7-20(26(28)29)14-22(19)25)10-5-17-3-8-21(9-4-17)30-16-18-2-1-12-24-15-18/h1-10,12,14-15H,11,13,16H2/b10-5+. The van der Waals surface area contributed by atoms with Crippen molar-refractivity contribution >= 4 is 23.4 Å². The van der Waals surface area contributed by atoms with Gasteiger partial charge in [0, 0.05) is 42.7 Å². The number of anilines is 1. The van der Waals surface area contributed by atoms with Crippen LogP contribution in [-0.4, -0.2) is 22.4 Å². The van der Waals surface area contributed by atoms with Gasteiger partial charge in [-0.15, -0.1) is 0 Å². The smallest absolute Gasteiger partial charge is 0.271 e. The number of nitrogens with zero attached hydrogens (tertiary/aromatic N) is 3. The van der Waals surface area contributed by atoms with Gasteiger partial charge in [0.15, 0.2) is 0 Å². The van der Waals surface area contributed by atoms with Crippen molar-refractivity contribution in [2.75, 3.05) is 11.4 Å². The van der Waals surface area contributed by atoms with Gasteiger partial charge in [0.05, 0.1) is 10.6 Å². The molecule has 0 spiro atoms. The predicted octanol–water partition coefficient (Wildman–Crippen LogP) is 4.17. The first kappa shape index (κ1) is 19.3. The summed E-state index contributed by atoms with van der Waals surface area (Å²) in [6.07, 6.45) is 7.37. The van der Waals surface area contributed by atoms with Crippen LogP contribution in [0, 0.1) is 10.1 Å². The maximum atomic E-state index is 12.6. The molecule has 7 heteroatoms. The summed E-state index contributed by atoms with van der Waals surface area (Å²) in [5.41, 5.74) is 3.38. The van der Waals surface area contributed by atoms with E-state index in [-0.39, 0.29) is 11.6 Å². The molecule has 0 N–H and O–H groups in total. The van der Waals surface area contributed by atoms with Crippen molar-refractivity contribution in [1.29, 1.82) is 0 Å². The monoisotopic (exact) mass is 401 g/mol. The Hall–Kier alpha value is -4.00. The van der Waals surface area contributed by atoms with Crippen LogP contribution in [-0.2, 0) is 17.8 Å². The molecule has 0 bridgehead atoms. The number of fused-ring (bicyclic) bond motifs is 1. The molecule has 0 fully saturated rings. The van der Waals surface area contributed by atoms with Crippen LogP contribution in [0.4, 0.5) is 11.4 Å². The molecular formula is C23H19N3O4. The molecular weight excluding hydrogens is 382 g/mol. The molecule has 150 valence electrons. The summed E-state index contributed by atoms with van der Waals surface area (Å²) >= 11 is 0. The van der Waals surface area contributed by atoms with Crippen LogP contribution in [0.5, 0.6) is 5.75 Å². The number of hydrogen-bond acceptors (Lipinski definition) is 5. The number of nitro benzene ring substituents is 1. The normalized spacial score (nSPS) is 12.7. The van der Waals surface area contributed by atoms with E-state index in [1.165, 1.54) is 18.2 Å². The number of hydrogen-bond donors (Lipinski definition) is 0. The van der Waals surface area contributed by atoms with E-state index in [0.29, 0.717) is 25.3 Å². The summed E-state index contributed by atoms with van der Waals surface area (Å²) in [6, 6.07) is 15.9. The van der Waals surface area contributed by atoms with Crippen molar-refractivity contribution in [3.63, 3.8) is 0 Å². The zero-order valence-corrected chi connectivity index (χ0v) is 16.1. The van der Waals surface area contributed by atoms with E-state index >= 15 is 0 Å². The highest BCUT2D eigenvalue weighted by Gasteiger charge is 2.25. The van der Waals surface area contributed by atoms with Gasteiger partial charge in [-0.1, -0.05) is 24.3 Å². The van der Waals surface area contributed by atoms with Gasteiger partial charge in [-0.25, -0.2) is 0 Å². The quantitative estimate of drug-likeness (QED) is 0.352. The van der Waals surface area contributed by atoms with Gasteiger partial charge in [0.2, 0.25) is 0 Å². The van der Waals surface area contributed by atoms with Crippen LogP contribution in [0.1, 0.15) is 16.7 Å².